The molecule has 0 radical (unpaired) electrons. The lowest BCUT2D eigenvalue weighted by Gasteiger charge is -2.12. The maximum Gasteiger partial charge on any atom is 0.416 e. The van der Waals surface area contributed by atoms with Crippen molar-refractivity contribution < 1.29 is 23.0 Å². The Morgan fingerprint density at radius 1 is 0.880 bits per heavy atom. The van der Waals surface area contributed by atoms with E-state index in [2.05, 4.69) is 10.9 Å². The summed E-state index contributed by atoms with van der Waals surface area (Å²) in [4.78, 5) is 20.2. The fourth-order valence-electron chi connectivity index (χ4n) is 1.86. The molecular weight excluding hydrogens is 369 g/mol. The van der Waals surface area contributed by atoms with Gasteiger partial charge in [-0.15, -0.1) is 0 Å². The molecule has 0 heterocycles. The molecule has 2 aromatic rings. The Balaban J connectivity index is 2.33. The summed E-state index contributed by atoms with van der Waals surface area (Å²) in [6, 6.07) is 5.47. The molecule has 2 aromatic carbocycles. The van der Waals surface area contributed by atoms with E-state index in [0.29, 0.717) is 12.1 Å². The van der Waals surface area contributed by atoms with Crippen molar-refractivity contribution >= 4 is 34.4 Å². The smallest absolute Gasteiger partial charge is 0.294 e. The van der Waals surface area contributed by atoms with Gasteiger partial charge >= 0.3 is 6.18 Å². The predicted octanol–water partition coefficient (Wildman–Crippen LogP) is 4.61. The number of nitro groups is 2. The Labute approximate surface area is 142 Å². The molecule has 0 aliphatic carbocycles. The minimum Gasteiger partial charge on any atom is -0.294 e. The maximum atomic E-state index is 12.6. The highest BCUT2D eigenvalue weighted by molar-refractivity contribution is 6.30. The quantitative estimate of drug-likeness (QED) is 0.582. The lowest BCUT2D eigenvalue weighted by Crippen LogP contribution is -2.13. The van der Waals surface area contributed by atoms with Crippen LogP contribution in [0.15, 0.2) is 36.4 Å². The van der Waals surface area contributed by atoms with Crippen LogP contribution in [0.25, 0.3) is 0 Å². The van der Waals surface area contributed by atoms with Crippen LogP contribution < -0.4 is 10.9 Å². The van der Waals surface area contributed by atoms with Gasteiger partial charge in [-0.3, -0.25) is 31.1 Å². The molecule has 0 aliphatic rings. The highest BCUT2D eigenvalue weighted by Crippen LogP contribution is 2.35. The standard InChI is InChI=1S/C13H8ClF3N4O4/c14-8-2-4-10(12(6-8)21(24)25)19-18-9-3-1-7(13(15,16)17)5-11(9)20(22)23/h1-6,18-19H. The number of hydrazine groups is 1. The van der Waals surface area contributed by atoms with Crippen molar-refractivity contribution in [2.75, 3.05) is 10.9 Å². The molecule has 25 heavy (non-hydrogen) atoms. The second-order valence-electron chi connectivity index (χ2n) is 4.66. The number of hydrogen-bond acceptors (Lipinski definition) is 6. The van der Waals surface area contributed by atoms with Crippen molar-refractivity contribution in [1.29, 1.82) is 0 Å². The van der Waals surface area contributed by atoms with E-state index in [1.807, 2.05) is 0 Å². The van der Waals surface area contributed by atoms with E-state index in [9.17, 15) is 33.4 Å². The molecule has 0 saturated carbocycles. The van der Waals surface area contributed by atoms with Gasteiger partial charge in [-0.25, -0.2) is 0 Å². The number of alkyl halides is 3. The van der Waals surface area contributed by atoms with Crippen LogP contribution in [0.1, 0.15) is 5.56 Å². The van der Waals surface area contributed by atoms with Crippen LogP contribution >= 0.6 is 11.6 Å². The van der Waals surface area contributed by atoms with Gasteiger partial charge in [-0.05, 0) is 24.3 Å². The first-order chi connectivity index (χ1) is 11.6. The van der Waals surface area contributed by atoms with Crippen molar-refractivity contribution in [3.63, 3.8) is 0 Å². The van der Waals surface area contributed by atoms with Crippen molar-refractivity contribution in [2.45, 2.75) is 6.18 Å². The zero-order valence-corrected chi connectivity index (χ0v) is 12.8. The Morgan fingerprint density at radius 3 is 1.84 bits per heavy atom. The van der Waals surface area contributed by atoms with Gasteiger partial charge in [0.05, 0.1) is 15.4 Å². The van der Waals surface area contributed by atoms with E-state index in [1.54, 1.807) is 0 Å². The third-order valence-electron chi connectivity index (χ3n) is 3.01. The highest BCUT2D eigenvalue weighted by atomic mass is 35.5. The fourth-order valence-corrected chi connectivity index (χ4v) is 2.03. The van der Waals surface area contributed by atoms with Crippen LogP contribution in [0.5, 0.6) is 0 Å². The molecule has 0 aromatic heterocycles. The number of anilines is 2. The molecule has 132 valence electrons. The van der Waals surface area contributed by atoms with Crippen LogP contribution in [-0.4, -0.2) is 9.85 Å². The van der Waals surface area contributed by atoms with E-state index in [1.165, 1.54) is 12.1 Å². The molecule has 0 bridgehead atoms. The number of nitrogens with zero attached hydrogens (tertiary/aromatic N) is 2. The first kappa shape index (κ1) is 18.3. The van der Waals surface area contributed by atoms with Gasteiger partial charge in [0.25, 0.3) is 11.4 Å². The summed E-state index contributed by atoms with van der Waals surface area (Å²) < 4.78 is 37.9. The van der Waals surface area contributed by atoms with Gasteiger partial charge in [-0.1, -0.05) is 11.6 Å². The van der Waals surface area contributed by atoms with Crippen LogP contribution in [-0.2, 0) is 6.18 Å². The number of nitro benzene ring substituents is 2. The van der Waals surface area contributed by atoms with Crippen LogP contribution in [0.3, 0.4) is 0 Å². The lowest BCUT2D eigenvalue weighted by atomic mass is 10.1. The summed E-state index contributed by atoms with van der Waals surface area (Å²) >= 11 is 5.66. The molecule has 8 nitrogen and oxygen atoms in total. The van der Waals surface area contributed by atoms with Gasteiger partial charge in [0.15, 0.2) is 0 Å². The van der Waals surface area contributed by atoms with Crippen molar-refractivity contribution in [3.05, 3.63) is 67.2 Å². The maximum absolute atomic E-state index is 12.6. The van der Waals surface area contributed by atoms with E-state index in [4.69, 9.17) is 11.6 Å². The SMILES string of the molecule is O=[N+]([O-])c1cc(Cl)ccc1NNc1ccc(C(F)(F)F)cc1[N+](=O)[O-]. The Morgan fingerprint density at radius 2 is 1.36 bits per heavy atom. The third-order valence-corrected chi connectivity index (χ3v) is 3.25. The summed E-state index contributed by atoms with van der Waals surface area (Å²) in [6.45, 7) is 0. The average Bonchev–Trinajstić information content (AvgIpc) is 2.52. The van der Waals surface area contributed by atoms with E-state index in [-0.39, 0.29) is 16.4 Å². The fraction of sp³-hybridized carbons (Fsp3) is 0.0769. The van der Waals surface area contributed by atoms with Gasteiger partial charge in [0, 0.05) is 17.2 Å². The van der Waals surface area contributed by atoms with E-state index in [0.717, 1.165) is 12.1 Å². The first-order valence-corrected chi connectivity index (χ1v) is 6.79. The largest absolute Gasteiger partial charge is 0.416 e. The molecular formula is C13H8ClF3N4O4. The zero-order chi connectivity index (χ0) is 18.8. The van der Waals surface area contributed by atoms with Crippen molar-refractivity contribution in [1.82, 2.24) is 0 Å². The Kier molecular flexibility index (Phi) is 4.97. The lowest BCUT2D eigenvalue weighted by molar-refractivity contribution is -0.384. The van der Waals surface area contributed by atoms with E-state index < -0.39 is 33.0 Å². The average molecular weight is 377 g/mol. The molecule has 2 rings (SSSR count). The molecule has 0 saturated heterocycles. The van der Waals surface area contributed by atoms with Gasteiger partial charge in [0.2, 0.25) is 0 Å². The molecule has 0 aliphatic heterocycles. The van der Waals surface area contributed by atoms with Crippen LogP contribution in [0.4, 0.5) is 35.9 Å². The summed E-state index contributed by atoms with van der Waals surface area (Å²) in [5.41, 5.74) is 1.81. The molecule has 2 N–H and O–H groups in total. The third kappa shape index (κ3) is 4.26. The normalized spacial score (nSPS) is 11.0. The zero-order valence-electron chi connectivity index (χ0n) is 12.0. The predicted molar refractivity (Wildman–Crippen MR) is 83.5 cm³/mol. The van der Waals surface area contributed by atoms with Crippen LogP contribution in [0, 0.1) is 20.2 Å². The Bertz CT molecular complexity index is 845. The summed E-state index contributed by atoms with van der Waals surface area (Å²) in [7, 11) is 0. The van der Waals surface area contributed by atoms with Gasteiger partial charge in [-0.2, -0.15) is 13.2 Å². The minimum atomic E-state index is -4.74. The number of hydrogen-bond donors (Lipinski definition) is 2. The van der Waals surface area contributed by atoms with Crippen LogP contribution in [0.2, 0.25) is 5.02 Å². The monoisotopic (exact) mass is 376 g/mol. The van der Waals surface area contributed by atoms with Crippen molar-refractivity contribution in [2.24, 2.45) is 0 Å². The van der Waals surface area contributed by atoms with E-state index >= 15 is 0 Å². The molecule has 0 unspecified atom stereocenters. The number of halogens is 4. The Hall–Kier alpha value is -3.08. The second kappa shape index (κ2) is 6.81. The second-order valence-corrected chi connectivity index (χ2v) is 5.09. The topological polar surface area (TPSA) is 110 Å². The molecule has 0 fully saturated rings. The summed E-state index contributed by atoms with van der Waals surface area (Å²) in [5.74, 6) is 0. The molecule has 12 heteroatoms. The molecule has 0 amide bonds. The summed E-state index contributed by atoms with van der Waals surface area (Å²) in [6.07, 6.45) is -4.74. The van der Waals surface area contributed by atoms with Gasteiger partial charge in [0.1, 0.15) is 11.4 Å². The summed E-state index contributed by atoms with van der Waals surface area (Å²) in [5, 5.41) is 22.0. The number of benzene rings is 2. The van der Waals surface area contributed by atoms with Gasteiger partial charge < -0.3 is 0 Å². The minimum absolute atomic E-state index is 0.0800. The molecule has 0 atom stereocenters. The number of rotatable bonds is 5. The van der Waals surface area contributed by atoms with Crippen molar-refractivity contribution in [3.8, 4) is 0 Å². The molecule has 0 spiro atoms. The highest BCUT2D eigenvalue weighted by Gasteiger charge is 2.33. The number of nitrogens with one attached hydrogen (secondary N) is 2. The first-order valence-electron chi connectivity index (χ1n) is 6.41.